The molecule has 154 valence electrons. The van der Waals surface area contributed by atoms with Crippen molar-refractivity contribution in [1.29, 1.82) is 0 Å². The summed E-state index contributed by atoms with van der Waals surface area (Å²) in [4.78, 5) is 29.1. The van der Waals surface area contributed by atoms with Gasteiger partial charge in [-0.15, -0.1) is 0 Å². The number of benzene rings is 1. The number of H-pyrrole nitrogens is 1. The van der Waals surface area contributed by atoms with Crippen LogP contribution < -0.4 is 21.5 Å². The third-order valence-corrected chi connectivity index (χ3v) is 5.88. The Labute approximate surface area is 168 Å². The number of halogens is 1. The van der Waals surface area contributed by atoms with Crippen molar-refractivity contribution in [1.82, 2.24) is 9.88 Å². The molecule has 0 saturated carbocycles. The molecular weight excluding hydrogens is 373 g/mol. The van der Waals surface area contributed by atoms with E-state index in [2.05, 4.69) is 25.8 Å². The summed E-state index contributed by atoms with van der Waals surface area (Å²) in [5.74, 6) is -0.496. The Kier molecular flexibility index (Phi) is 5.04. The molecule has 7 nitrogen and oxygen atoms in total. The SMILES string of the molecule is CCNc1cc(F)cc2c1NC(=O)C2(C)N1CCC[C@@H](Nc2ccc(=O)[nH]c2)C1. The van der Waals surface area contributed by atoms with E-state index < -0.39 is 5.54 Å². The lowest BCUT2D eigenvalue weighted by atomic mass is 9.88. The van der Waals surface area contributed by atoms with Crippen LogP contribution in [0.1, 0.15) is 32.3 Å². The maximum absolute atomic E-state index is 14.3. The molecule has 3 heterocycles. The van der Waals surface area contributed by atoms with Gasteiger partial charge >= 0.3 is 0 Å². The summed E-state index contributed by atoms with van der Waals surface area (Å²) in [5, 5.41) is 9.54. The highest BCUT2D eigenvalue weighted by Crippen LogP contribution is 2.45. The zero-order valence-electron chi connectivity index (χ0n) is 16.6. The molecular formula is C21H26FN5O2. The van der Waals surface area contributed by atoms with Gasteiger partial charge in [-0.05, 0) is 51.4 Å². The molecule has 29 heavy (non-hydrogen) atoms. The van der Waals surface area contributed by atoms with E-state index in [1.165, 1.54) is 18.2 Å². The highest BCUT2D eigenvalue weighted by atomic mass is 19.1. The van der Waals surface area contributed by atoms with Crippen LogP contribution in [0.5, 0.6) is 0 Å². The van der Waals surface area contributed by atoms with E-state index in [0.717, 1.165) is 25.1 Å². The number of aromatic nitrogens is 1. The van der Waals surface area contributed by atoms with Crippen molar-refractivity contribution in [2.24, 2.45) is 0 Å². The summed E-state index contributed by atoms with van der Waals surface area (Å²) in [6, 6.07) is 6.23. The Morgan fingerprint density at radius 3 is 2.86 bits per heavy atom. The van der Waals surface area contributed by atoms with Crippen LogP contribution in [-0.4, -0.2) is 41.5 Å². The average Bonchev–Trinajstić information content (AvgIpc) is 2.96. The lowest BCUT2D eigenvalue weighted by molar-refractivity contribution is -0.127. The summed E-state index contributed by atoms with van der Waals surface area (Å²) in [6.07, 6.45) is 3.51. The number of rotatable bonds is 5. The predicted molar refractivity (Wildman–Crippen MR) is 112 cm³/mol. The van der Waals surface area contributed by atoms with Gasteiger partial charge in [0.05, 0.1) is 17.1 Å². The smallest absolute Gasteiger partial charge is 0.249 e. The number of carbonyl (C=O) groups excluding carboxylic acids is 1. The first-order valence-corrected chi connectivity index (χ1v) is 10.0. The maximum Gasteiger partial charge on any atom is 0.249 e. The highest BCUT2D eigenvalue weighted by molar-refractivity contribution is 6.08. The predicted octanol–water partition coefficient (Wildman–Crippen LogP) is 2.69. The number of carbonyl (C=O) groups is 1. The summed E-state index contributed by atoms with van der Waals surface area (Å²) in [7, 11) is 0. The van der Waals surface area contributed by atoms with Crippen LogP contribution in [-0.2, 0) is 10.3 Å². The van der Waals surface area contributed by atoms with Crippen LogP contribution in [0.3, 0.4) is 0 Å². The van der Waals surface area contributed by atoms with E-state index in [0.29, 0.717) is 30.0 Å². The van der Waals surface area contributed by atoms with Crippen molar-refractivity contribution in [2.45, 2.75) is 38.3 Å². The Morgan fingerprint density at radius 2 is 2.14 bits per heavy atom. The molecule has 1 aromatic heterocycles. The first-order valence-electron chi connectivity index (χ1n) is 10.0. The third kappa shape index (κ3) is 3.48. The van der Waals surface area contributed by atoms with Crippen LogP contribution in [0.15, 0.2) is 35.3 Å². The van der Waals surface area contributed by atoms with Crippen molar-refractivity contribution in [3.63, 3.8) is 0 Å². The monoisotopic (exact) mass is 399 g/mol. The molecule has 4 N–H and O–H groups in total. The molecule has 0 bridgehead atoms. The minimum atomic E-state index is -0.938. The van der Waals surface area contributed by atoms with Crippen molar-refractivity contribution in [2.75, 3.05) is 35.6 Å². The van der Waals surface area contributed by atoms with Crippen LogP contribution in [0, 0.1) is 5.82 Å². The maximum atomic E-state index is 14.3. The molecule has 0 radical (unpaired) electrons. The highest BCUT2D eigenvalue weighted by Gasteiger charge is 2.49. The van der Waals surface area contributed by atoms with Gasteiger partial charge in [0.25, 0.3) is 0 Å². The molecule has 1 unspecified atom stereocenters. The number of likely N-dealkylation sites (tertiary alicyclic amines) is 1. The topological polar surface area (TPSA) is 89.3 Å². The van der Waals surface area contributed by atoms with E-state index in [-0.39, 0.29) is 23.3 Å². The minimum absolute atomic E-state index is 0.116. The van der Waals surface area contributed by atoms with Crippen molar-refractivity contribution < 1.29 is 9.18 Å². The van der Waals surface area contributed by atoms with E-state index in [1.54, 1.807) is 12.3 Å². The Hall–Kier alpha value is -2.87. The number of fused-ring (bicyclic) bond motifs is 1. The fraction of sp³-hybridized carbons (Fsp3) is 0.429. The summed E-state index contributed by atoms with van der Waals surface area (Å²) in [6.45, 7) is 5.82. The Balaban J connectivity index is 1.61. The van der Waals surface area contributed by atoms with Crippen LogP contribution >= 0.6 is 0 Å². The van der Waals surface area contributed by atoms with Crippen molar-refractivity contribution in [3.05, 3.63) is 52.2 Å². The number of anilines is 3. The van der Waals surface area contributed by atoms with Crippen molar-refractivity contribution in [3.8, 4) is 0 Å². The standard InChI is InChI=1S/C21H26FN5O2/c1-3-23-17-10-13(22)9-16-19(17)26-20(29)21(16,2)27-8-4-5-15(12-27)25-14-6-7-18(28)24-11-14/h6-7,9-11,15,23,25H,3-5,8,12H2,1-2H3,(H,24,28)(H,26,29)/t15-,21?/m1/s1. The summed E-state index contributed by atoms with van der Waals surface area (Å²) in [5.41, 5.74) is 1.69. The van der Waals surface area contributed by atoms with Gasteiger partial charge in [0.2, 0.25) is 11.5 Å². The van der Waals surface area contributed by atoms with E-state index in [1.807, 2.05) is 13.8 Å². The zero-order valence-corrected chi connectivity index (χ0v) is 16.6. The number of amides is 1. The fourth-order valence-corrected chi connectivity index (χ4v) is 4.36. The number of nitrogens with zero attached hydrogens (tertiary/aromatic N) is 1. The number of pyridine rings is 1. The molecule has 0 spiro atoms. The molecule has 8 heteroatoms. The van der Waals surface area contributed by atoms with Gasteiger partial charge in [0, 0.05) is 37.0 Å². The number of nitrogens with one attached hydrogen (secondary N) is 4. The first-order chi connectivity index (χ1) is 13.9. The van der Waals surface area contributed by atoms with Crippen molar-refractivity contribution >= 4 is 23.0 Å². The van der Waals surface area contributed by atoms with Gasteiger partial charge in [-0.2, -0.15) is 0 Å². The van der Waals surface area contributed by atoms with Gasteiger partial charge in [-0.3, -0.25) is 14.5 Å². The number of hydrogen-bond acceptors (Lipinski definition) is 5. The molecule has 1 amide bonds. The van der Waals surface area contributed by atoms with Gasteiger partial charge in [0.1, 0.15) is 11.4 Å². The average molecular weight is 399 g/mol. The summed E-state index contributed by atoms with van der Waals surface area (Å²) >= 11 is 0. The minimum Gasteiger partial charge on any atom is -0.384 e. The molecule has 1 fully saturated rings. The molecule has 2 atom stereocenters. The molecule has 1 aromatic carbocycles. The van der Waals surface area contributed by atoms with Gasteiger partial charge < -0.3 is 20.9 Å². The first kappa shape index (κ1) is 19.4. The number of aromatic amines is 1. The number of hydrogen-bond donors (Lipinski definition) is 4. The van der Waals surface area contributed by atoms with E-state index >= 15 is 0 Å². The molecule has 2 aliphatic heterocycles. The molecule has 0 aliphatic carbocycles. The van der Waals surface area contributed by atoms with Crippen LogP contribution in [0.2, 0.25) is 0 Å². The molecule has 1 saturated heterocycles. The second-order valence-electron chi connectivity index (χ2n) is 7.80. The molecule has 4 rings (SSSR count). The van der Waals surface area contributed by atoms with E-state index in [4.69, 9.17) is 0 Å². The fourth-order valence-electron chi connectivity index (χ4n) is 4.36. The largest absolute Gasteiger partial charge is 0.384 e. The zero-order chi connectivity index (χ0) is 20.6. The number of piperidine rings is 1. The van der Waals surface area contributed by atoms with Gasteiger partial charge in [-0.25, -0.2) is 4.39 Å². The van der Waals surface area contributed by atoms with Crippen LogP contribution in [0.25, 0.3) is 0 Å². The Morgan fingerprint density at radius 1 is 1.31 bits per heavy atom. The van der Waals surface area contributed by atoms with Gasteiger partial charge in [-0.1, -0.05) is 0 Å². The Bertz CT molecular complexity index is 971. The second kappa shape index (κ2) is 7.51. The van der Waals surface area contributed by atoms with E-state index in [9.17, 15) is 14.0 Å². The normalized spacial score (nSPS) is 24.1. The van der Waals surface area contributed by atoms with Crippen LogP contribution in [0.4, 0.5) is 21.5 Å². The summed E-state index contributed by atoms with van der Waals surface area (Å²) < 4.78 is 14.3. The lowest BCUT2D eigenvalue weighted by Gasteiger charge is -2.42. The third-order valence-electron chi connectivity index (χ3n) is 5.88. The molecule has 2 aliphatic rings. The van der Waals surface area contributed by atoms with Gasteiger partial charge in [0.15, 0.2) is 0 Å². The second-order valence-corrected chi connectivity index (χ2v) is 7.80. The quantitative estimate of drug-likeness (QED) is 0.621. The lowest BCUT2D eigenvalue weighted by Crippen LogP contribution is -2.55. The molecule has 2 aromatic rings.